The van der Waals surface area contributed by atoms with E-state index in [2.05, 4.69) is 34.1 Å². The summed E-state index contributed by atoms with van der Waals surface area (Å²) in [6, 6.07) is 16.1. The zero-order valence-electron chi connectivity index (χ0n) is 21.1. The summed E-state index contributed by atoms with van der Waals surface area (Å²) in [5.41, 5.74) is 5.48. The maximum absolute atomic E-state index is 14.3. The summed E-state index contributed by atoms with van der Waals surface area (Å²) in [5, 5.41) is 4.14. The van der Waals surface area contributed by atoms with Gasteiger partial charge in [0.2, 0.25) is 0 Å². The van der Waals surface area contributed by atoms with E-state index in [1.54, 1.807) is 26.2 Å². The van der Waals surface area contributed by atoms with Crippen molar-refractivity contribution >= 4 is 23.1 Å². The molecule has 1 atom stereocenters. The minimum Gasteiger partial charge on any atom is -0.497 e. The van der Waals surface area contributed by atoms with Crippen LogP contribution < -0.4 is 10.1 Å². The lowest BCUT2D eigenvalue weighted by atomic mass is 10.00. The Balaban J connectivity index is 1.49. The molecule has 2 aliphatic heterocycles. The first-order valence-electron chi connectivity index (χ1n) is 12.4. The average Bonchev–Trinajstić information content (AvgIpc) is 3.47. The number of amides is 2. The number of methoxy groups -OCH3 is 1. The van der Waals surface area contributed by atoms with Crippen LogP contribution in [-0.2, 0) is 19.5 Å². The van der Waals surface area contributed by atoms with Gasteiger partial charge in [-0.1, -0.05) is 18.2 Å². The van der Waals surface area contributed by atoms with Gasteiger partial charge < -0.3 is 24.4 Å². The lowest BCUT2D eigenvalue weighted by Gasteiger charge is -2.32. The van der Waals surface area contributed by atoms with Crippen LogP contribution in [0.15, 0.2) is 60.8 Å². The van der Waals surface area contributed by atoms with Crippen LogP contribution in [0.2, 0.25) is 0 Å². The third-order valence-corrected chi connectivity index (χ3v) is 8.61. The molecule has 4 aromatic rings. The van der Waals surface area contributed by atoms with Crippen molar-refractivity contribution in [1.29, 1.82) is 0 Å². The number of thiophene rings is 1. The molecule has 0 spiro atoms. The second-order valence-electron chi connectivity index (χ2n) is 9.78. The smallest absolute Gasteiger partial charge is 0.322 e. The molecule has 2 aromatic heterocycles. The summed E-state index contributed by atoms with van der Waals surface area (Å²) < 4.78 is 22.1. The highest BCUT2D eigenvalue weighted by Crippen LogP contribution is 2.44. The monoisotopic (exact) mass is 516 g/mol. The lowest BCUT2D eigenvalue weighted by molar-refractivity contribution is 0.194. The Morgan fingerprint density at radius 2 is 1.97 bits per heavy atom. The number of benzene rings is 2. The van der Waals surface area contributed by atoms with E-state index in [1.807, 2.05) is 46.6 Å². The number of ether oxygens (including phenoxy) is 1. The molecule has 1 N–H and O–H groups in total. The molecule has 0 fully saturated rings. The number of nitrogens with zero attached hydrogens (tertiary/aromatic N) is 3. The molecule has 2 aliphatic rings. The summed E-state index contributed by atoms with van der Waals surface area (Å²) in [4.78, 5) is 19.6. The zero-order chi connectivity index (χ0) is 25.7. The van der Waals surface area contributed by atoms with E-state index in [9.17, 15) is 9.18 Å². The predicted octanol–water partition coefficient (Wildman–Crippen LogP) is 6.12. The first-order valence-corrected chi connectivity index (χ1v) is 13.2. The third kappa shape index (κ3) is 4.20. The number of fused-ring (bicyclic) bond motifs is 5. The number of carbonyl (C=O) groups excluding carboxylic acids is 1. The molecule has 2 aromatic carbocycles. The highest BCUT2D eigenvalue weighted by atomic mass is 32.1. The molecular weight excluding hydrogens is 487 g/mol. The van der Waals surface area contributed by atoms with Crippen LogP contribution in [-0.4, -0.2) is 41.1 Å². The number of urea groups is 1. The van der Waals surface area contributed by atoms with Crippen LogP contribution in [0.25, 0.3) is 5.00 Å². The van der Waals surface area contributed by atoms with Crippen molar-refractivity contribution in [2.24, 2.45) is 0 Å². The van der Waals surface area contributed by atoms with Crippen LogP contribution in [0.5, 0.6) is 5.75 Å². The Bertz CT molecular complexity index is 1490. The molecular formula is C29H29FN4O2S. The topological polar surface area (TPSA) is 49.7 Å². The first-order chi connectivity index (χ1) is 17.9. The van der Waals surface area contributed by atoms with Crippen molar-refractivity contribution in [3.05, 3.63) is 99.4 Å². The van der Waals surface area contributed by atoms with Crippen molar-refractivity contribution in [2.45, 2.75) is 32.5 Å². The molecule has 0 saturated carbocycles. The maximum atomic E-state index is 14.3. The van der Waals surface area contributed by atoms with Gasteiger partial charge in [-0.05, 0) is 73.5 Å². The van der Waals surface area contributed by atoms with Crippen molar-refractivity contribution in [1.82, 2.24) is 14.4 Å². The maximum Gasteiger partial charge on any atom is 0.322 e. The molecule has 6 nitrogen and oxygen atoms in total. The average molecular weight is 517 g/mol. The van der Waals surface area contributed by atoms with Crippen molar-refractivity contribution < 1.29 is 13.9 Å². The Morgan fingerprint density at radius 3 is 2.78 bits per heavy atom. The van der Waals surface area contributed by atoms with Gasteiger partial charge >= 0.3 is 6.03 Å². The quantitative estimate of drug-likeness (QED) is 0.357. The molecule has 2 amide bonds. The summed E-state index contributed by atoms with van der Waals surface area (Å²) >= 11 is 1.82. The van der Waals surface area contributed by atoms with E-state index in [1.165, 1.54) is 27.1 Å². The molecule has 190 valence electrons. The van der Waals surface area contributed by atoms with Crippen molar-refractivity contribution in [3.8, 4) is 10.8 Å². The van der Waals surface area contributed by atoms with Gasteiger partial charge in [0.1, 0.15) is 16.6 Å². The largest absolute Gasteiger partial charge is 0.497 e. The highest BCUT2D eigenvalue weighted by Gasteiger charge is 2.36. The van der Waals surface area contributed by atoms with Crippen LogP contribution in [0.4, 0.5) is 14.9 Å². The fraction of sp³-hybridized carbons (Fsp3) is 0.276. The van der Waals surface area contributed by atoms with Crippen LogP contribution in [0.1, 0.15) is 38.9 Å². The van der Waals surface area contributed by atoms with E-state index >= 15 is 0 Å². The minimum absolute atomic E-state index is 0.274. The van der Waals surface area contributed by atoms with Crippen LogP contribution in [0.3, 0.4) is 0 Å². The Kier molecular flexibility index (Phi) is 6.01. The number of halogens is 1. The second kappa shape index (κ2) is 9.36. The third-order valence-electron chi connectivity index (χ3n) is 7.35. The number of likely N-dealkylation sites (N-methyl/N-ethyl adjacent to an activating group) is 1. The number of carbonyl (C=O) groups is 1. The van der Waals surface area contributed by atoms with Gasteiger partial charge in [-0.2, -0.15) is 0 Å². The predicted molar refractivity (Wildman–Crippen MR) is 144 cm³/mol. The van der Waals surface area contributed by atoms with Crippen LogP contribution >= 0.6 is 11.3 Å². The van der Waals surface area contributed by atoms with E-state index in [0.29, 0.717) is 17.8 Å². The number of hydrogen-bond acceptors (Lipinski definition) is 4. The molecule has 0 aliphatic carbocycles. The van der Waals surface area contributed by atoms with Crippen molar-refractivity contribution in [3.63, 3.8) is 0 Å². The second-order valence-corrected chi connectivity index (χ2v) is 10.9. The van der Waals surface area contributed by atoms with Gasteiger partial charge in [-0.3, -0.25) is 0 Å². The molecule has 0 radical (unpaired) electrons. The Morgan fingerprint density at radius 1 is 1.11 bits per heavy atom. The van der Waals surface area contributed by atoms with Crippen LogP contribution in [0, 0.1) is 12.7 Å². The molecule has 8 heteroatoms. The molecule has 6 rings (SSSR count). The summed E-state index contributed by atoms with van der Waals surface area (Å²) in [6.45, 7) is 4.07. The number of rotatable bonds is 3. The number of aromatic nitrogens is 1. The molecule has 0 saturated heterocycles. The van der Waals surface area contributed by atoms with Gasteiger partial charge in [0.25, 0.3) is 0 Å². The number of aryl methyl sites for hydroxylation is 1. The van der Waals surface area contributed by atoms with E-state index in [4.69, 9.17) is 4.74 Å². The fourth-order valence-electron chi connectivity index (χ4n) is 5.38. The number of hydrogen-bond donors (Lipinski definition) is 1. The lowest BCUT2D eigenvalue weighted by Crippen LogP contribution is -2.38. The highest BCUT2D eigenvalue weighted by molar-refractivity contribution is 7.15. The van der Waals surface area contributed by atoms with Gasteiger partial charge in [-0.25, -0.2) is 9.18 Å². The van der Waals surface area contributed by atoms with Crippen molar-refractivity contribution in [2.75, 3.05) is 26.0 Å². The van der Waals surface area contributed by atoms with E-state index in [0.717, 1.165) is 36.5 Å². The van der Waals surface area contributed by atoms with Gasteiger partial charge in [0.05, 0.1) is 25.4 Å². The van der Waals surface area contributed by atoms with Gasteiger partial charge in [-0.15, -0.1) is 11.3 Å². The summed E-state index contributed by atoms with van der Waals surface area (Å²) in [6.07, 6.45) is 3.04. The summed E-state index contributed by atoms with van der Waals surface area (Å²) in [7, 11) is 3.79. The van der Waals surface area contributed by atoms with Gasteiger partial charge in [0, 0.05) is 35.4 Å². The van der Waals surface area contributed by atoms with E-state index in [-0.39, 0.29) is 17.9 Å². The molecule has 0 unspecified atom stereocenters. The standard InChI is InChI=1S/C29H29FN4O2S/c1-18-9-10-20(15-24(18)30)31-29(35)34-16-23-22-11-13-32(2)17-26(22)37-28(23)33-12-5-8-25(33)27(34)19-6-4-7-21(14-19)36-3/h4-10,12,14-15,27H,11,13,16-17H2,1-3H3,(H,31,35)/t27-/m1/s1. The molecule has 4 heterocycles. The Labute approximate surface area is 219 Å². The van der Waals surface area contributed by atoms with Gasteiger partial charge in [0.15, 0.2) is 0 Å². The molecule has 37 heavy (non-hydrogen) atoms. The number of anilines is 1. The van der Waals surface area contributed by atoms with E-state index < -0.39 is 0 Å². The minimum atomic E-state index is -0.359. The fourth-order valence-corrected chi connectivity index (χ4v) is 6.82. The Hall–Kier alpha value is -3.62. The summed E-state index contributed by atoms with van der Waals surface area (Å²) in [5.74, 6) is 0.390. The number of nitrogens with one attached hydrogen (secondary N) is 1. The normalized spacial score (nSPS) is 17.0. The SMILES string of the molecule is COc1cccc([C@@H]2c3cccn3-c3sc4c(c3CN2C(=O)Nc2ccc(C)c(F)c2)CCN(C)C4)c1. The molecule has 0 bridgehead atoms. The first kappa shape index (κ1) is 23.8. The zero-order valence-corrected chi connectivity index (χ0v) is 21.9.